The molecule has 3 N–H and O–H groups in total. The lowest BCUT2D eigenvalue weighted by atomic mass is 9.84. The molecule has 0 bridgehead atoms. The van der Waals surface area contributed by atoms with E-state index >= 15 is 0 Å². The third-order valence-corrected chi connectivity index (χ3v) is 4.65. The molecule has 3 rings (SSSR count). The second-order valence-corrected chi connectivity index (χ2v) is 6.89. The Kier molecular flexibility index (Phi) is 8.40. The van der Waals surface area contributed by atoms with Crippen molar-refractivity contribution in [2.24, 2.45) is 10.7 Å². The zero-order valence-electron chi connectivity index (χ0n) is 17.3. The lowest BCUT2D eigenvalue weighted by molar-refractivity contribution is -0.122. The molecular weight excluding hydrogens is 452 g/mol. The number of rotatable bonds is 6. The fraction of sp³-hybridized carbons (Fsp3) is 0.350. The summed E-state index contributed by atoms with van der Waals surface area (Å²) in [4.78, 5) is 32.2. The number of Topliss-reactive ketones (excluding diaryl/α,β-unsaturated/α-hetero) is 1. The number of carbonyl (C=O) groups is 2. The summed E-state index contributed by atoms with van der Waals surface area (Å²) in [6.07, 6.45) is 1.91. The van der Waals surface area contributed by atoms with Gasteiger partial charge >= 0.3 is 0 Å². The van der Waals surface area contributed by atoms with Gasteiger partial charge in [0.2, 0.25) is 12.7 Å². The van der Waals surface area contributed by atoms with Gasteiger partial charge in [0.25, 0.3) is 12.4 Å². The second kappa shape index (κ2) is 10.8. The summed E-state index contributed by atoms with van der Waals surface area (Å²) >= 11 is 0. The van der Waals surface area contributed by atoms with E-state index in [1.54, 1.807) is 0 Å². The molecule has 1 aliphatic rings. The highest BCUT2D eigenvalue weighted by molar-refractivity contribution is 5.95. The monoisotopic (exact) mass is 472 g/mol. The number of hydrogen-bond donors (Lipinski definition) is 2. The van der Waals surface area contributed by atoms with Gasteiger partial charge in [0, 0.05) is 12.0 Å². The fourth-order valence-corrected chi connectivity index (χ4v) is 3.00. The molecule has 0 spiro atoms. The summed E-state index contributed by atoms with van der Waals surface area (Å²) in [5.74, 6) is -5.26. The molecule has 2 aromatic rings. The summed E-state index contributed by atoms with van der Waals surface area (Å²) in [5.41, 5.74) is 3.10. The zero-order valence-corrected chi connectivity index (χ0v) is 17.3. The van der Waals surface area contributed by atoms with E-state index < -0.39 is 42.1 Å². The van der Waals surface area contributed by atoms with Crippen molar-refractivity contribution in [1.29, 1.82) is 0 Å². The minimum Gasteiger partial charge on any atom is -0.483 e. The molecule has 1 aromatic heterocycles. The zero-order chi connectivity index (χ0) is 24.6. The molecule has 13 heteroatoms. The number of benzene rings is 1. The van der Waals surface area contributed by atoms with Crippen LogP contribution in [0.3, 0.4) is 0 Å². The minimum absolute atomic E-state index is 0.0474. The molecule has 178 valence electrons. The quantitative estimate of drug-likeness (QED) is 0.371. The highest BCUT2D eigenvalue weighted by Gasteiger charge is 2.54. The van der Waals surface area contributed by atoms with E-state index in [-0.39, 0.29) is 42.5 Å². The van der Waals surface area contributed by atoms with E-state index in [4.69, 9.17) is 20.4 Å². The Morgan fingerprint density at radius 3 is 2.64 bits per heavy atom. The third-order valence-electron chi connectivity index (χ3n) is 4.65. The van der Waals surface area contributed by atoms with Gasteiger partial charge in [0.05, 0.1) is 12.4 Å². The first-order valence-electron chi connectivity index (χ1n) is 9.28. The summed E-state index contributed by atoms with van der Waals surface area (Å²) in [6, 6.07) is 3.43. The lowest BCUT2D eigenvalue weighted by Gasteiger charge is -2.33. The predicted molar refractivity (Wildman–Crippen MR) is 107 cm³/mol. The summed E-state index contributed by atoms with van der Waals surface area (Å²) in [7, 11) is 0. The maximum Gasteiger partial charge on any atom is 0.299 e. The topological polar surface area (TPSA) is 137 Å². The Bertz CT molecular complexity index is 1020. The number of amidine groups is 1. The molecule has 1 aromatic carbocycles. The van der Waals surface area contributed by atoms with Crippen LogP contribution in [0.1, 0.15) is 28.5 Å². The average Bonchev–Trinajstić information content (AvgIpc) is 2.86. The van der Waals surface area contributed by atoms with Crippen LogP contribution in [-0.2, 0) is 21.5 Å². The Labute approximate surface area is 185 Å². The summed E-state index contributed by atoms with van der Waals surface area (Å²) < 4.78 is 65.5. The SMILES string of the molecule is C[C@]1(c2cc(CC(=O)c3cnc(OCF)cn3)ccc2F)N=C(N)COCC1(F)F.O=CO. The Morgan fingerprint density at radius 2 is 2.03 bits per heavy atom. The average molecular weight is 472 g/mol. The maximum absolute atomic E-state index is 14.7. The molecule has 0 unspecified atom stereocenters. The van der Waals surface area contributed by atoms with Crippen LogP contribution in [0.2, 0.25) is 0 Å². The minimum atomic E-state index is -3.55. The normalized spacial score (nSPS) is 19.4. The van der Waals surface area contributed by atoms with Gasteiger partial charge in [-0.1, -0.05) is 6.07 Å². The molecule has 1 aliphatic heterocycles. The van der Waals surface area contributed by atoms with Crippen molar-refractivity contribution in [2.75, 3.05) is 20.1 Å². The molecule has 1 atom stereocenters. The molecule has 2 heterocycles. The molecule has 33 heavy (non-hydrogen) atoms. The number of carbonyl (C=O) groups excluding carboxylic acids is 1. The Hall–Kier alpha value is -3.61. The number of nitrogens with two attached hydrogens (primary N) is 1. The first-order valence-corrected chi connectivity index (χ1v) is 9.28. The number of nitrogens with zero attached hydrogens (tertiary/aromatic N) is 3. The van der Waals surface area contributed by atoms with Crippen LogP contribution in [-0.4, -0.2) is 59.2 Å². The highest BCUT2D eigenvalue weighted by Crippen LogP contribution is 2.43. The first kappa shape index (κ1) is 25.6. The van der Waals surface area contributed by atoms with Crippen LogP contribution in [0, 0.1) is 5.82 Å². The third kappa shape index (κ3) is 6.00. The van der Waals surface area contributed by atoms with Gasteiger partial charge in [-0.15, -0.1) is 0 Å². The van der Waals surface area contributed by atoms with Crippen molar-refractivity contribution in [1.82, 2.24) is 9.97 Å². The molecule has 0 aliphatic carbocycles. The van der Waals surface area contributed by atoms with Crippen LogP contribution < -0.4 is 10.5 Å². The lowest BCUT2D eigenvalue weighted by Crippen LogP contribution is -2.45. The molecular formula is C20H20F4N4O5. The number of hydrogen-bond acceptors (Lipinski definition) is 8. The van der Waals surface area contributed by atoms with E-state index in [1.807, 2.05) is 0 Å². The first-order chi connectivity index (χ1) is 15.6. The van der Waals surface area contributed by atoms with Gasteiger partial charge in [-0.3, -0.25) is 14.6 Å². The van der Waals surface area contributed by atoms with Gasteiger partial charge in [0.1, 0.15) is 30.6 Å². The molecule has 9 nitrogen and oxygen atoms in total. The Morgan fingerprint density at radius 1 is 1.33 bits per heavy atom. The number of aliphatic imine (C=N–C) groups is 1. The maximum atomic E-state index is 14.7. The molecule has 0 saturated carbocycles. The van der Waals surface area contributed by atoms with Crippen molar-refractivity contribution in [3.63, 3.8) is 0 Å². The van der Waals surface area contributed by atoms with Crippen LogP contribution in [0.25, 0.3) is 0 Å². The van der Waals surface area contributed by atoms with Crippen LogP contribution in [0.15, 0.2) is 35.6 Å². The number of ketones is 1. The van der Waals surface area contributed by atoms with Crippen molar-refractivity contribution >= 4 is 18.1 Å². The number of ether oxygens (including phenoxy) is 2. The van der Waals surface area contributed by atoms with Crippen molar-refractivity contribution in [3.8, 4) is 5.88 Å². The molecule has 0 fully saturated rings. The van der Waals surface area contributed by atoms with Crippen molar-refractivity contribution in [2.45, 2.75) is 24.8 Å². The van der Waals surface area contributed by atoms with E-state index in [1.165, 1.54) is 6.07 Å². The second-order valence-electron chi connectivity index (χ2n) is 6.89. The largest absolute Gasteiger partial charge is 0.483 e. The van der Waals surface area contributed by atoms with E-state index in [0.717, 1.165) is 31.5 Å². The molecule has 0 radical (unpaired) electrons. The van der Waals surface area contributed by atoms with Gasteiger partial charge in [-0.2, -0.15) is 0 Å². The molecule has 0 amide bonds. The smallest absolute Gasteiger partial charge is 0.299 e. The number of aromatic nitrogens is 2. The predicted octanol–water partition coefficient (Wildman–Crippen LogP) is 2.29. The number of alkyl halides is 3. The number of halogens is 4. The van der Waals surface area contributed by atoms with Crippen molar-refractivity contribution in [3.05, 3.63) is 53.2 Å². The van der Waals surface area contributed by atoms with Crippen LogP contribution in [0.5, 0.6) is 5.88 Å². The van der Waals surface area contributed by atoms with Crippen LogP contribution >= 0.6 is 0 Å². The van der Waals surface area contributed by atoms with Crippen LogP contribution in [0.4, 0.5) is 17.6 Å². The van der Waals surface area contributed by atoms with E-state index in [0.29, 0.717) is 0 Å². The van der Waals surface area contributed by atoms with Gasteiger partial charge in [0.15, 0.2) is 11.3 Å². The van der Waals surface area contributed by atoms with Gasteiger partial charge < -0.3 is 20.3 Å². The summed E-state index contributed by atoms with van der Waals surface area (Å²) in [5, 5.41) is 6.89. The van der Waals surface area contributed by atoms with Gasteiger partial charge in [-0.05, 0) is 24.6 Å². The molecule has 0 saturated heterocycles. The number of carboxylic acid groups (broad SMARTS) is 1. The van der Waals surface area contributed by atoms with E-state index in [2.05, 4.69) is 19.7 Å². The Balaban J connectivity index is 0.00000122. The highest BCUT2D eigenvalue weighted by atomic mass is 19.3. The fourth-order valence-electron chi connectivity index (χ4n) is 3.00. The van der Waals surface area contributed by atoms with E-state index in [9.17, 15) is 22.4 Å². The summed E-state index contributed by atoms with van der Waals surface area (Å²) in [6.45, 7) is -1.57. The van der Waals surface area contributed by atoms with Gasteiger partial charge in [-0.25, -0.2) is 27.5 Å². The standard InChI is InChI=1S/C19H18F4N4O3.CH2O2/c1-18(19(22,23)9-29-8-16(24)27-18)12-4-11(2-3-13(12)21)5-15(28)14-6-26-17(7-25-14)30-10-20;2-1-3/h2-4,6-7H,5,8-10H2,1H3,(H2,24,27);1H,(H,2,3)/t18-;/m1./s1. The van der Waals surface area contributed by atoms with Crippen molar-refractivity contribution < 1.29 is 41.7 Å².